The second-order valence-corrected chi connectivity index (χ2v) is 8.70. The molecule has 2 N–H and O–H groups in total. The molecule has 1 aromatic heterocycles. The number of thiophene rings is 1. The summed E-state index contributed by atoms with van der Waals surface area (Å²) in [7, 11) is 1.63. The maximum Gasteiger partial charge on any atom is 0.362 e. The molecular formula is C22H26N3O3S+. The van der Waals surface area contributed by atoms with Crippen LogP contribution >= 0.6 is 11.3 Å². The second kappa shape index (κ2) is 8.88. The lowest BCUT2D eigenvalue weighted by Crippen LogP contribution is -3.15. The van der Waals surface area contributed by atoms with Crippen molar-refractivity contribution in [2.45, 2.75) is 32.1 Å². The number of methoxy groups -OCH3 is 1. The first-order valence-corrected chi connectivity index (χ1v) is 10.9. The lowest BCUT2D eigenvalue weighted by molar-refractivity contribution is -0.695. The maximum absolute atomic E-state index is 12.9. The summed E-state index contributed by atoms with van der Waals surface area (Å²) >= 11 is 1.42. The fraction of sp³-hybridized carbons (Fsp3) is 0.409. The molecule has 2 amide bonds. The third-order valence-electron chi connectivity index (χ3n) is 5.61. The molecule has 0 saturated heterocycles. The number of amides is 2. The van der Waals surface area contributed by atoms with E-state index >= 15 is 0 Å². The van der Waals surface area contributed by atoms with Crippen LogP contribution in [0, 0.1) is 5.92 Å². The Morgan fingerprint density at radius 1 is 1.24 bits per heavy atom. The number of hydrogen-bond donors (Lipinski definition) is 2. The van der Waals surface area contributed by atoms with Crippen LogP contribution in [0.4, 0.5) is 5.69 Å². The SMILES string of the molecule is COc1ccc(-c2cc3c(s2)C(=O)[NH+](CC(=O)NCC2CCCCC2)C=N3)cc1. The van der Waals surface area contributed by atoms with Gasteiger partial charge in [-0.05, 0) is 54.7 Å². The standard InChI is InChI=1S/C22H25N3O3S/c1-28-17-9-7-16(8-10-17)19-11-18-21(29-19)22(27)25(14-24-18)13-20(26)23-12-15-5-3-2-4-6-15/h7-11,14-15H,2-6,12-13H2,1H3,(H,23,26)/p+1. The van der Waals surface area contributed by atoms with Crippen LogP contribution in [-0.4, -0.2) is 38.4 Å². The monoisotopic (exact) mass is 412 g/mol. The average molecular weight is 413 g/mol. The summed E-state index contributed by atoms with van der Waals surface area (Å²) in [4.78, 5) is 31.7. The van der Waals surface area contributed by atoms with E-state index in [9.17, 15) is 9.59 Å². The summed E-state index contributed by atoms with van der Waals surface area (Å²) in [5.41, 5.74) is 1.69. The van der Waals surface area contributed by atoms with Gasteiger partial charge < -0.3 is 10.1 Å². The van der Waals surface area contributed by atoms with Gasteiger partial charge in [-0.1, -0.05) is 19.3 Å². The van der Waals surface area contributed by atoms with Crippen LogP contribution in [-0.2, 0) is 4.79 Å². The first-order valence-electron chi connectivity index (χ1n) is 10.1. The zero-order chi connectivity index (χ0) is 20.2. The molecule has 1 unspecified atom stereocenters. The van der Waals surface area contributed by atoms with Gasteiger partial charge in [0.2, 0.25) is 0 Å². The Balaban J connectivity index is 1.38. The van der Waals surface area contributed by atoms with E-state index in [4.69, 9.17) is 4.74 Å². The largest absolute Gasteiger partial charge is 0.497 e. The zero-order valence-electron chi connectivity index (χ0n) is 16.6. The average Bonchev–Trinajstić information content (AvgIpc) is 3.20. The lowest BCUT2D eigenvalue weighted by Gasteiger charge is -2.22. The Morgan fingerprint density at radius 3 is 2.72 bits per heavy atom. The van der Waals surface area contributed by atoms with Gasteiger partial charge in [0.1, 0.15) is 5.75 Å². The number of aliphatic imine (C=N–C) groups is 1. The first-order chi connectivity index (χ1) is 14.1. The number of nitrogens with one attached hydrogen (secondary N) is 2. The molecule has 152 valence electrons. The van der Waals surface area contributed by atoms with Gasteiger partial charge in [0.15, 0.2) is 17.8 Å². The summed E-state index contributed by atoms with van der Waals surface area (Å²) in [5, 5.41) is 3.00. The number of hydrogen-bond acceptors (Lipinski definition) is 5. The quantitative estimate of drug-likeness (QED) is 0.766. The predicted molar refractivity (Wildman–Crippen MR) is 114 cm³/mol. The molecule has 1 saturated carbocycles. The zero-order valence-corrected chi connectivity index (χ0v) is 17.4. The maximum atomic E-state index is 12.9. The highest BCUT2D eigenvalue weighted by Gasteiger charge is 2.31. The molecule has 2 aromatic rings. The van der Waals surface area contributed by atoms with Crippen molar-refractivity contribution in [2.75, 3.05) is 20.2 Å². The topological polar surface area (TPSA) is 72.2 Å². The number of nitrogens with zero attached hydrogens (tertiary/aromatic N) is 1. The van der Waals surface area contributed by atoms with Crippen LogP contribution in [0.25, 0.3) is 10.4 Å². The van der Waals surface area contributed by atoms with Gasteiger partial charge in [-0.2, -0.15) is 0 Å². The summed E-state index contributed by atoms with van der Waals surface area (Å²) < 4.78 is 5.20. The molecule has 0 radical (unpaired) electrons. The van der Waals surface area contributed by atoms with E-state index in [2.05, 4.69) is 10.3 Å². The van der Waals surface area contributed by atoms with E-state index in [-0.39, 0.29) is 18.4 Å². The fourth-order valence-corrected chi connectivity index (χ4v) is 4.98. The molecule has 29 heavy (non-hydrogen) atoms. The molecule has 2 aliphatic rings. The highest BCUT2D eigenvalue weighted by Crippen LogP contribution is 2.37. The molecule has 1 atom stereocenters. The molecule has 1 aliphatic carbocycles. The number of quaternary nitrogens is 1. The highest BCUT2D eigenvalue weighted by molar-refractivity contribution is 7.18. The van der Waals surface area contributed by atoms with E-state index in [0.29, 0.717) is 27.9 Å². The summed E-state index contributed by atoms with van der Waals surface area (Å²) in [5.74, 6) is 1.18. The number of benzene rings is 1. The Bertz CT molecular complexity index is 914. The van der Waals surface area contributed by atoms with Crippen molar-refractivity contribution in [3.8, 4) is 16.2 Å². The van der Waals surface area contributed by atoms with Crippen LogP contribution in [0.3, 0.4) is 0 Å². The van der Waals surface area contributed by atoms with Gasteiger partial charge in [-0.15, -0.1) is 11.3 Å². The molecular weight excluding hydrogens is 386 g/mol. The fourth-order valence-electron chi connectivity index (χ4n) is 3.90. The molecule has 4 rings (SSSR count). The molecule has 0 spiro atoms. The van der Waals surface area contributed by atoms with Crippen LogP contribution in [0.2, 0.25) is 0 Å². The Morgan fingerprint density at radius 2 is 2.00 bits per heavy atom. The van der Waals surface area contributed by atoms with Crippen LogP contribution in [0.5, 0.6) is 5.75 Å². The van der Waals surface area contributed by atoms with Crippen molar-refractivity contribution in [3.05, 3.63) is 35.2 Å². The first kappa shape index (κ1) is 19.8. The van der Waals surface area contributed by atoms with Crippen molar-refractivity contribution < 1.29 is 19.2 Å². The van der Waals surface area contributed by atoms with Crippen molar-refractivity contribution in [3.63, 3.8) is 0 Å². The van der Waals surface area contributed by atoms with E-state index in [1.165, 1.54) is 43.4 Å². The van der Waals surface area contributed by atoms with Crippen molar-refractivity contribution in [2.24, 2.45) is 10.9 Å². The minimum Gasteiger partial charge on any atom is -0.497 e. The highest BCUT2D eigenvalue weighted by atomic mass is 32.1. The van der Waals surface area contributed by atoms with Gasteiger partial charge in [0, 0.05) is 11.4 Å². The van der Waals surface area contributed by atoms with Crippen LogP contribution in [0.15, 0.2) is 35.3 Å². The van der Waals surface area contributed by atoms with Crippen molar-refractivity contribution >= 4 is 35.2 Å². The minimum absolute atomic E-state index is 0.0876. The van der Waals surface area contributed by atoms with Gasteiger partial charge in [0.25, 0.3) is 5.91 Å². The molecule has 1 aliphatic heterocycles. The van der Waals surface area contributed by atoms with Gasteiger partial charge in [-0.3, -0.25) is 4.79 Å². The summed E-state index contributed by atoms with van der Waals surface area (Å²) in [6.45, 7) is 0.799. The Labute approximate surface area is 174 Å². The van der Waals surface area contributed by atoms with Crippen LogP contribution in [0.1, 0.15) is 41.8 Å². The number of carbonyl (C=O) groups is 2. The molecule has 6 nitrogen and oxygen atoms in total. The van der Waals surface area contributed by atoms with E-state index in [0.717, 1.165) is 16.2 Å². The Kier molecular flexibility index (Phi) is 6.06. The number of fused-ring (bicyclic) bond motifs is 1. The minimum atomic E-state index is -0.0965. The third kappa shape index (κ3) is 4.57. The predicted octanol–water partition coefficient (Wildman–Crippen LogP) is 2.82. The lowest BCUT2D eigenvalue weighted by atomic mass is 9.89. The molecule has 7 heteroatoms. The Hall–Kier alpha value is -2.51. The van der Waals surface area contributed by atoms with Crippen LogP contribution < -0.4 is 15.0 Å². The third-order valence-corrected chi connectivity index (χ3v) is 6.78. The number of ether oxygens (including phenoxy) is 1. The van der Waals surface area contributed by atoms with E-state index in [1.54, 1.807) is 13.4 Å². The van der Waals surface area contributed by atoms with E-state index < -0.39 is 0 Å². The molecule has 2 heterocycles. The molecule has 0 bridgehead atoms. The number of rotatable bonds is 6. The normalized spacial score (nSPS) is 19.1. The second-order valence-electron chi connectivity index (χ2n) is 7.65. The smallest absolute Gasteiger partial charge is 0.362 e. The van der Waals surface area contributed by atoms with Gasteiger partial charge >= 0.3 is 5.91 Å². The molecule has 1 aromatic carbocycles. The van der Waals surface area contributed by atoms with Gasteiger partial charge in [-0.25, -0.2) is 14.7 Å². The van der Waals surface area contributed by atoms with Crippen molar-refractivity contribution in [1.82, 2.24) is 5.32 Å². The van der Waals surface area contributed by atoms with E-state index in [1.807, 2.05) is 30.3 Å². The summed E-state index contributed by atoms with van der Waals surface area (Å²) in [6, 6.07) is 9.65. The number of carbonyl (C=O) groups excluding carboxylic acids is 2. The molecule has 1 fully saturated rings. The van der Waals surface area contributed by atoms with Gasteiger partial charge in [0.05, 0.1) is 12.8 Å². The van der Waals surface area contributed by atoms with Crippen molar-refractivity contribution in [1.29, 1.82) is 0 Å². The summed E-state index contributed by atoms with van der Waals surface area (Å²) in [6.07, 6.45) is 7.72.